The normalized spacial score (nSPS) is 18.3. The van der Waals surface area contributed by atoms with Crippen LogP contribution >= 0.6 is 11.3 Å². The van der Waals surface area contributed by atoms with Crippen molar-refractivity contribution in [2.45, 2.75) is 38.6 Å². The number of nitrogens with one attached hydrogen (secondary N) is 1. The lowest BCUT2D eigenvalue weighted by Crippen LogP contribution is -2.34. The van der Waals surface area contributed by atoms with E-state index >= 15 is 0 Å². The predicted molar refractivity (Wildman–Crippen MR) is 97.6 cm³/mol. The molecule has 1 N–H and O–H groups in total. The second-order valence-corrected chi connectivity index (χ2v) is 7.74. The van der Waals surface area contributed by atoms with Crippen LogP contribution in [0.1, 0.15) is 52.9 Å². The van der Waals surface area contributed by atoms with E-state index in [0.717, 1.165) is 48.6 Å². The first kappa shape index (κ1) is 16.1. The van der Waals surface area contributed by atoms with Crippen molar-refractivity contribution in [3.05, 3.63) is 52.9 Å². The van der Waals surface area contributed by atoms with Gasteiger partial charge in [-0.3, -0.25) is 9.89 Å². The molecule has 0 aromatic carbocycles. The number of hydrogen-bond donors (Lipinski definition) is 1. The highest BCUT2D eigenvalue weighted by atomic mass is 32.1. The number of hydrogen-bond acceptors (Lipinski definition) is 4. The number of furan rings is 1. The largest absolute Gasteiger partial charge is 0.467 e. The lowest BCUT2D eigenvalue weighted by molar-refractivity contribution is 0.0652. The van der Waals surface area contributed by atoms with Gasteiger partial charge >= 0.3 is 0 Å². The Labute approximate surface area is 150 Å². The van der Waals surface area contributed by atoms with Crippen LogP contribution in [0.2, 0.25) is 0 Å². The highest BCUT2D eigenvalue weighted by Gasteiger charge is 2.30. The maximum atomic E-state index is 13.1. The molecule has 1 aliphatic rings. The summed E-state index contributed by atoms with van der Waals surface area (Å²) in [6.45, 7) is 2.81. The molecule has 130 valence electrons. The zero-order valence-corrected chi connectivity index (χ0v) is 15.0. The SMILES string of the molecule is Cc1ccc(-c2cc(C(=O)N3CCCCCC3c3ccco3)n[nH]2)s1. The molecular weight excluding hydrogens is 334 g/mol. The first-order chi connectivity index (χ1) is 12.2. The molecule has 3 aromatic heterocycles. The minimum atomic E-state index is -0.0286. The van der Waals surface area contributed by atoms with Gasteiger partial charge in [0.05, 0.1) is 22.9 Å². The van der Waals surface area contributed by atoms with Crippen LogP contribution < -0.4 is 0 Å². The number of aromatic nitrogens is 2. The Hall–Kier alpha value is -2.34. The number of thiophene rings is 1. The first-order valence-corrected chi connectivity index (χ1v) is 9.50. The molecular formula is C19H21N3O2S. The van der Waals surface area contributed by atoms with Crippen LogP contribution in [-0.2, 0) is 0 Å². The average molecular weight is 355 g/mol. The Kier molecular flexibility index (Phi) is 4.44. The van der Waals surface area contributed by atoms with Crippen molar-refractivity contribution in [3.8, 4) is 10.6 Å². The quantitative estimate of drug-likeness (QED) is 0.734. The second kappa shape index (κ2) is 6.88. The van der Waals surface area contributed by atoms with E-state index in [0.29, 0.717) is 5.69 Å². The molecule has 4 heterocycles. The van der Waals surface area contributed by atoms with Crippen LogP contribution in [0, 0.1) is 6.92 Å². The van der Waals surface area contributed by atoms with Gasteiger partial charge in [0, 0.05) is 11.4 Å². The molecule has 5 nitrogen and oxygen atoms in total. The van der Waals surface area contributed by atoms with Crippen molar-refractivity contribution in [1.29, 1.82) is 0 Å². The maximum Gasteiger partial charge on any atom is 0.274 e. The monoisotopic (exact) mass is 355 g/mol. The Morgan fingerprint density at radius 1 is 1.32 bits per heavy atom. The number of H-pyrrole nitrogens is 1. The highest BCUT2D eigenvalue weighted by Crippen LogP contribution is 2.32. The molecule has 1 unspecified atom stereocenters. The number of carbonyl (C=O) groups is 1. The molecule has 0 aliphatic carbocycles. The topological polar surface area (TPSA) is 62.1 Å². The zero-order valence-electron chi connectivity index (χ0n) is 14.2. The van der Waals surface area contributed by atoms with Crippen molar-refractivity contribution in [3.63, 3.8) is 0 Å². The summed E-state index contributed by atoms with van der Waals surface area (Å²) in [5.41, 5.74) is 1.37. The number of nitrogens with zero attached hydrogens (tertiary/aromatic N) is 2. The van der Waals surface area contributed by atoms with Gasteiger partial charge in [-0.2, -0.15) is 5.10 Å². The van der Waals surface area contributed by atoms with Crippen molar-refractivity contribution in [2.75, 3.05) is 6.54 Å². The number of aryl methyl sites for hydroxylation is 1. The third kappa shape index (κ3) is 3.26. The predicted octanol–water partition coefficient (Wildman–Crippen LogP) is 4.80. The highest BCUT2D eigenvalue weighted by molar-refractivity contribution is 7.15. The molecule has 1 amide bonds. The summed E-state index contributed by atoms with van der Waals surface area (Å²) in [5.74, 6) is 0.832. The van der Waals surface area contributed by atoms with Gasteiger partial charge in [-0.25, -0.2) is 0 Å². The van der Waals surface area contributed by atoms with E-state index in [-0.39, 0.29) is 11.9 Å². The average Bonchev–Trinajstić information content (AvgIpc) is 3.34. The lowest BCUT2D eigenvalue weighted by atomic mass is 10.1. The third-order valence-electron chi connectivity index (χ3n) is 4.69. The second-order valence-electron chi connectivity index (χ2n) is 6.46. The summed E-state index contributed by atoms with van der Waals surface area (Å²) in [7, 11) is 0. The smallest absolute Gasteiger partial charge is 0.274 e. The summed E-state index contributed by atoms with van der Waals surface area (Å²) in [4.78, 5) is 17.4. The third-order valence-corrected chi connectivity index (χ3v) is 5.72. The van der Waals surface area contributed by atoms with Gasteiger partial charge in [0.2, 0.25) is 0 Å². The van der Waals surface area contributed by atoms with Gasteiger partial charge in [-0.15, -0.1) is 11.3 Å². The minimum Gasteiger partial charge on any atom is -0.467 e. The van der Waals surface area contributed by atoms with Gasteiger partial charge in [-0.1, -0.05) is 12.8 Å². The number of likely N-dealkylation sites (tertiary alicyclic amines) is 1. The Morgan fingerprint density at radius 3 is 3.00 bits per heavy atom. The fourth-order valence-electron chi connectivity index (χ4n) is 3.41. The summed E-state index contributed by atoms with van der Waals surface area (Å²) >= 11 is 1.69. The van der Waals surface area contributed by atoms with Crippen molar-refractivity contribution < 1.29 is 9.21 Å². The van der Waals surface area contributed by atoms with E-state index in [1.165, 1.54) is 4.88 Å². The molecule has 1 atom stereocenters. The van der Waals surface area contributed by atoms with Crippen LogP contribution in [0.5, 0.6) is 0 Å². The minimum absolute atomic E-state index is 0.00543. The molecule has 1 aliphatic heterocycles. The summed E-state index contributed by atoms with van der Waals surface area (Å²) in [5, 5.41) is 7.29. The van der Waals surface area contributed by atoms with Crippen LogP contribution in [-0.4, -0.2) is 27.5 Å². The molecule has 25 heavy (non-hydrogen) atoms. The van der Waals surface area contributed by atoms with Crippen molar-refractivity contribution in [2.24, 2.45) is 0 Å². The molecule has 6 heteroatoms. The molecule has 0 bridgehead atoms. The van der Waals surface area contributed by atoms with E-state index in [1.807, 2.05) is 23.1 Å². The molecule has 0 saturated carbocycles. The lowest BCUT2D eigenvalue weighted by Gasteiger charge is -2.27. The standard InChI is InChI=1S/C19H21N3O2S/c1-13-8-9-18(25-13)14-12-15(21-20-14)19(23)22-10-4-2-3-6-16(22)17-7-5-11-24-17/h5,7-9,11-12,16H,2-4,6,10H2,1H3,(H,20,21). The van der Waals surface area contributed by atoms with Crippen LogP contribution in [0.3, 0.4) is 0 Å². The maximum absolute atomic E-state index is 13.1. The molecule has 4 rings (SSSR count). The fourth-order valence-corrected chi connectivity index (χ4v) is 4.25. The van der Waals surface area contributed by atoms with Crippen molar-refractivity contribution >= 4 is 17.2 Å². The van der Waals surface area contributed by atoms with Gasteiger partial charge in [0.1, 0.15) is 5.76 Å². The van der Waals surface area contributed by atoms with Crippen LogP contribution in [0.25, 0.3) is 10.6 Å². The molecule has 3 aromatic rings. The number of aromatic amines is 1. The van der Waals surface area contributed by atoms with Gasteiger partial charge < -0.3 is 9.32 Å². The first-order valence-electron chi connectivity index (χ1n) is 8.69. The van der Waals surface area contributed by atoms with E-state index in [2.05, 4.69) is 29.3 Å². The molecule has 1 saturated heterocycles. The number of rotatable bonds is 3. The van der Waals surface area contributed by atoms with E-state index < -0.39 is 0 Å². The number of carbonyl (C=O) groups excluding carboxylic acids is 1. The summed E-state index contributed by atoms with van der Waals surface area (Å²) in [6.07, 6.45) is 5.87. The fraction of sp³-hybridized carbons (Fsp3) is 0.368. The van der Waals surface area contributed by atoms with Crippen LogP contribution in [0.4, 0.5) is 0 Å². The Balaban J connectivity index is 1.61. The van der Waals surface area contributed by atoms with Crippen molar-refractivity contribution in [1.82, 2.24) is 15.1 Å². The van der Waals surface area contributed by atoms with Gasteiger partial charge in [-0.05, 0) is 50.1 Å². The number of amides is 1. The van der Waals surface area contributed by atoms with E-state index in [9.17, 15) is 4.79 Å². The molecule has 0 radical (unpaired) electrons. The summed E-state index contributed by atoms with van der Waals surface area (Å²) < 4.78 is 5.60. The van der Waals surface area contributed by atoms with Crippen LogP contribution in [0.15, 0.2) is 41.0 Å². The molecule has 0 spiro atoms. The Morgan fingerprint density at radius 2 is 2.24 bits per heavy atom. The molecule has 1 fully saturated rings. The zero-order chi connectivity index (χ0) is 17.2. The van der Waals surface area contributed by atoms with E-state index in [4.69, 9.17) is 4.42 Å². The van der Waals surface area contributed by atoms with E-state index in [1.54, 1.807) is 17.6 Å². The van der Waals surface area contributed by atoms with Gasteiger partial charge in [0.25, 0.3) is 5.91 Å². The van der Waals surface area contributed by atoms with Gasteiger partial charge in [0.15, 0.2) is 5.69 Å². The summed E-state index contributed by atoms with van der Waals surface area (Å²) in [6, 6.07) is 9.82. The Bertz CT molecular complexity index is 850.